The van der Waals surface area contributed by atoms with Crippen molar-refractivity contribution in [3.63, 3.8) is 0 Å². The van der Waals surface area contributed by atoms with E-state index in [1.54, 1.807) is 0 Å². The summed E-state index contributed by atoms with van der Waals surface area (Å²) in [7, 11) is 0. The zero-order valence-corrected chi connectivity index (χ0v) is 12.4. The average molecular weight is 293 g/mol. The number of likely N-dealkylation sites (tertiary alicyclic amines) is 1. The summed E-state index contributed by atoms with van der Waals surface area (Å²) in [5.41, 5.74) is 5.24. The number of nitrogens with two attached hydrogens (primary N) is 1. The third-order valence-electron chi connectivity index (χ3n) is 4.31. The Hall–Kier alpha value is -0.780. The van der Waals surface area contributed by atoms with Crippen molar-refractivity contribution in [3.05, 3.63) is 0 Å². The lowest BCUT2D eigenvalue weighted by Crippen LogP contribution is -2.39. The number of nitrogens with zero attached hydrogens (tertiary/aromatic N) is 1. The first kappa shape index (κ1) is 17.3. The molecule has 0 bridgehead atoms. The van der Waals surface area contributed by atoms with Crippen LogP contribution in [0.15, 0.2) is 0 Å². The molecule has 1 heterocycles. The fraction of sp³-hybridized carbons (Fsp3) is 0.929. The molecule has 0 unspecified atom stereocenters. The molecule has 0 aliphatic carbocycles. The molecular weight excluding hydrogens is 267 g/mol. The highest BCUT2D eigenvalue weighted by Crippen LogP contribution is 2.34. The van der Waals surface area contributed by atoms with Gasteiger partial charge in [-0.15, -0.1) is 0 Å². The highest BCUT2D eigenvalue weighted by atomic mass is 19.4. The van der Waals surface area contributed by atoms with Gasteiger partial charge in [0.05, 0.1) is 11.8 Å². The Morgan fingerprint density at radius 1 is 1.20 bits per heavy atom. The second-order valence-corrected chi connectivity index (χ2v) is 6.41. The molecular formula is C14H26F3N3. The minimum Gasteiger partial charge on any atom is -0.387 e. The summed E-state index contributed by atoms with van der Waals surface area (Å²) in [6.07, 6.45) is -0.830. The topological polar surface area (TPSA) is 53.1 Å². The lowest BCUT2D eigenvalue weighted by atomic mass is 9.86. The first-order chi connectivity index (χ1) is 9.13. The van der Waals surface area contributed by atoms with Crippen LogP contribution in [0.3, 0.4) is 0 Å². The zero-order chi connectivity index (χ0) is 15.4. The van der Waals surface area contributed by atoms with Crippen LogP contribution in [0.4, 0.5) is 13.2 Å². The van der Waals surface area contributed by atoms with Crippen LogP contribution in [0.2, 0.25) is 0 Å². The summed E-state index contributed by atoms with van der Waals surface area (Å²) in [6, 6.07) is 0. The monoisotopic (exact) mass is 293 g/mol. The van der Waals surface area contributed by atoms with E-state index < -0.39 is 12.1 Å². The van der Waals surface area contributed by atoms with Crippen molar-refractivity contribution in [3.8, 4) is 0 Å². The van der Waals surface area contributed by atoms with Crippen molar-refractivity contribution < 1.29 is 13.2 Å². The molecule has 1 saturated heterocycles. The molecule has 3 nitrogen and oxygen atoms in total. The van der Waals surface area contributed by atoms with E-state index in [0.717, 1.165) is 25.8 Å². The number of alkyl halides is 3. The standard InChI is InChI=1S/C14H26F3N3/c1-13(2,12(18)19)7-3-4-8-20-9-5-11(6-10-20)14(15,16)17/h11H,3-10H2,1-2H3,(H3,18,19). The molecule has 1 aliphatic heterocycles. The molecule has 1 aliphatic rings. The smallest absolute Gasteiger partial charge is 0.387 e. The van der Waals surface area contributed by atoms with Crippen LogP contribution in [-0.4, -0.2) is 36.5 Å². The largest absolute Gasteiger partial charge is 0.391 e. The highest BCUT2D eigenvalue weighted by molar-refractivity contribution is 5.82. The number of halogens is 3. The van der Waals surface area contributed by atoms with E-state index in [9.17, 15) is 13.2 Å². The molecule has 1 fully saturated rings. The Kier molecular flexibility index (Phi) is 5.86. The van der Waals surface area contributed by atoms with Gasteiger partial charge in [-0.2, -0.15) is 13.2 Å². The van der Waals surface area contributed by atoms with Gasteiger partial charge in [-0.25, -0.2) is 0 Å². The van der Waals surface area contributed by atoms with Gasteiger partial charge >= 0.3 is 6.18 Å². The summed E-state index contributed by atoms with van der Waals surface area (Å²) in [6.45, 7) is 5.83. The molecule has 0 atom stereocenters. The number of amidine groups is 1. The maximum absolute atomic E-state index is 12.5. The quantitative estimate of drug-likeness (QED) is 0.448. The van der Waals surface area contributed by atoms with Gasteiger partial charge in [-0.1, -0.05) is 20.3 Å². The maximum atomic E-state index is 12.5. The van der Waals surface area contributed by atoms with Crippen LogP contribution in [0.1, 0.15) is 46.0 Å². The van der Waals surface area contributed by atoms with Gasteiger partial charge in [0.1, 0.15) is 0 Å². The molecule has 118 valence electrons. The summed E-state index contributed by atoms with van der Waals surface area (Å²) in [5, 5.41) is 7.47. The Morgan fingerprint density at radius 3 is 2.20 bits per heavy atom. The predicted octanol–water partition coefficient (Wildman–Crippen LogP) is 3.39. The SMILES string of the molecule is CC(C)(CCCCN1CCC(C(F)(F)F)CC1)C(=N)N. The van der Waals surface area contributed by atoms with Crippen LogP contribution in [0, 0.1) is 16.7 Å². The van der Waals surface area contributed by atoms with Crippen molar-refractivity contribution in [1.29, 1.82) is 5.41 Å². The fourth-order valence-electron chi connectivity index (χ4n) is 2.52. The molecule has 0 aromatic heterocycles. The highest BCUT2D eigenvalue weighted by Gasteiger charge is 2.40. The number of unbranched alkanes of at least 4 members (excludes halogenated alkanes) is 1. The molecule has 0 aromatic carbocycles. The third kappa shape index (κ3) is 5.31. The number of hydrogen-bond acceptors (Lipinski definition) is 2. The number of hydrogen-bond donors (Lipinski definition) is 2. The van der Waals surface area contributed by atoms with E-state index in [1.165, 1.54) is 0 Å². The van der Waals surface area contributed by atoms with Gasteiger partial charge < -0.3 is 10.6 Å². The molecule has 3 N–H and O–H groups in total. The van der Waals surface area contributed by atoms with Crippen molar-refractivity contribution >= 4 is 5.84 Å². The van der Waals surface area contributed by atoms with E-state index in [0.29, 0.717) is 13.1 Å². The molecule has 0 aromatic rings. The van der Waals surface area contributed by atoms with Crippen LogP contribution in [-0.2, 0) is 0 Å². The number of piperidine rings is 1. The van der Waals surface area contributed by atoms with Gasteiger partial charge in [-0.3, -0.25) is 5.41 Å². The first-order valence-electron chi connectivity index (χ1n) is 7.26. The van der Waals surface area contributed by atoms with E-state index in [2.05, 4.69) is 4.90 Å². The summed E-state index contributed by atoms with van der Waals surface area (Å²) in [5.74, 6) is -0.918. The van der Waals surface area contributed by atoms with Crippen molar-refractivity contribution in [2.75, 3.05) is 19.6 Å². The van der Waals surface area contributed by atoms with E-state index >= 15 is 0 Å². The molecule has 6 heteroatoms. The summed E-state index contributed by atoms with van der Waals surface area (Å²) >= 11 is 0. The molecule has 0 amide bonds. The fourth-order valence-corrected chi connectivity index (χ4v) is 2.52. The van der Waals surface area contributed by atoms with Crippen molar-refractivity contribution in [2.45, 2.75) is 52.1 Å². The normalized spacial score (nSPS) is 19.2. The van der Waals surface area contributed by atoms with Crippen LogP contribution in [0.5, 0.6) is 0 Å². The van der Waals surface area contributed by atoms with Crippen LogP contribution >= 0.6 is 0 Å². The van der Waals surface area contributed by atoms with E-state index in [-0.39, 0.29) is 24.1 Å². The summed E-state index contributed by atoms with van der Waals surface area (Å²) in [4.78, 5) is 2.11. The maximum Gasteiger partial charge on any atom is 0.391 e. The second kappa shape index (κ2) is 6.78. The van der Waals surface area contributed by atoms with Crippen molar-refractivity contribution in [1.82, 2.24) is 4.90 Å². The van der Waals surface area contributed by atoms with E-state index in [1.807, 2.05) is 13.8 Å². The minimum atomic E-state index is -4.03. The van der Waals surface area contributed by atoms with Gasteiger partial charge in [0.15, 0.2) is 0 Å². The molecule has 20 heavy (non-hydrogen) atoms. The summed E-state index contributed by atoms with van der Waals surface area (Å²) < 4.78 is 37.6. The predicted molar refractivity (Wildman–Crippen MR) is 74.8 cm³/mol. The third-order valence-corrected chi connectivity index (χ3v) is 4.31. The average Bonchev–Trinajstić information content (AvgIpc) is 2.34. The Bertz CT molecular complexity index is 318. The zero-order valence-electron chi connectivity index (χ0n) is 12.4. The molecule has 0 saturated carbocycles. The first-order valence-corrected chi connectivity index (χ1v) is 7.26. The van der Waals surface area contributed by atoms with Crippen molar-refractivity contribution in [2.24, 2.45) is 17.1 Å². The molecule has 0 radical (unpaired) electrons. The Balaban J connectivity index is 2.18. The Labute approximate surface area is 119 Å². The van der Waals surface area contributed by atoms with Gasteiger partial charge in [0, 0.05) is 5.41 Å². The Morgan fingerprint density at radius 2 is 1.75 bits per heavy atom. The van der Waals surface area contributed by atoms with Crippen LogP contribution in [0.25, 0.3) is 0 Å². The van der Waals surface area contributed by atoms with E-state index in [4.69, 9.17) is 11.1 Å². The molecule has 0 spiro atoms. The number of rotatable bonds is 6. The lowest BCUT2D eigenvalue weighted by molar-refractivity contribution is -0.185. The van der Waals surface area contributed by atoms with Gasteiger partial charge in [-0.05, 0) is 45.3 Å². The van der Waals surface area contributed by atoms with Gasteiger partial charge in [0.25, 0.3) is 0 Å². The lowest BCUT2D eigenvalue weighted by Gasteiger charge is -2.33. The minimum absolute atomic E-state index is 0.198. The van der Waals surface area contributed by atoms with Gasteiger partial charge in [0.2, 0.25) is 0 Å². The second-order valence-electron chi connectivity index (χ2n) is 6.41. The molecule has 1 rings (SSSR count). The van der Waals surface area contributed by atoms with Crippen LogP contribution < -0.4 is 5.73 Å². The number of nitrogens with one attached hydrogen (secondary N) is 1.